The summed E-state index contributed by atoms with van der Waals surface area (Å²) in [7, 11) is 0. The first-order valence-electron chi connectivity index (χ1n) is 8.34. The summed E-state index contributed by atoms with van der Waals surface area (Å²) in [4.78, 5) is 38.5. The largest absolute Gasteiger partial charge is 0.323 e. The second kappa shape index (κ2) is 6.29. The van der Waals surface area contributed by atoms with E-state index in [-0.39, 0.29) is 11.8 Å². The van der Waals surface area contributed by atoms with Gasteiger partial charge in [-0.2, -0.15) is 0 Å². The Hall–Kier alpha value is -3.15. The lowest BCUT2D eigenvalue weighted by Gasteiger charge is -2.29. The predicted octanol–water partition coefficient (Wildman–Crippen LogP) is 4.03. The Labute approximate surface area is 152 Å². The Kier molecular flexibility index (Phi) is 4.28. The maximum atomic E-state index is 12.6. The molecule has 2 aromatic rings. The first kappa shape index (κ1) is 17.7. The van der Waals surface area contributed by atoms with Crippen molar-refractivity contribution in [3.63, 3.8) is 0 Å². The van der Waals surface area contributed by atoms with Gasteiger partial charge in [0.15, 0.2) is 0 Å². The van der Waals surface area contributed by atoms with E-state index in [0.717, 1.165) is 5.56 Å². The number of anilines is 2. The highest BCUT2D eigenvalue weighted by Gasteiger charge is 2.41. The highest BCUT2D eigenvalue weighted by atomic mass is 16.2. The Morgan fingerprint density at radius 3 is 2.12 bits per heavy atom. The van der Waals surface area contributed by atoms with Gasteiger partial charge in [-0.05, 0) is 63.6 Å². The molecule has 1 heterocycles. The summed E-state index contributed by atoms with van der Waals surface area (Å²) in [6.07, 6.45) is 0. The molecule has 3 rings (SSSR count). The van der Waals surface area contributed by atoms with Gasteiger partial charge in [-0.3, -0.25) is 14.5 Å². The minimum absolute atomic E-state index is 0.304. The summed E-state index contributed by atoms with van der Waals surface area (Å²) in [5.41, 5.74) is 2.21. The zero-order valence-corrected chi connectivity index (χ0v) is 15.2. The van der Waals surface area contributed by atoms with Gasteiger partial charge >= 0.3 is 6.03 Å². The number of rotatable bonds is 2. The van der Waals surface area contributed by atoms with E-state index in [1.807, 2.05) is 45.9 Å². The number of amides is 4. The van der Waals surface area contributed by atoms with Crippen LogP contribution in [0.1, 0.15) is 47.1 Å². The van der Waals surface area contributed by atoms with Gasteiger partial charge < -0.3 is 10.6 Å². The van der Waals surface area contributed by atoms with E-state index in [1.165, 1.54) is 11.0 Å². The van der Waals surface area contributed by atoms with Crippen molar-refractivity contribution in [3.05, 3.63) is 59.2 Å². The number of aryl methyl sites for hydroxylation is 1. The van der Waals surface area contributed by atoms with Gasteiger partial charge in [0.05, 0.1) is 11.1 Å². The number of imide groups is 1. The summed E-state index contributed by atoms with van der Waals surface area (Å²) < 4.78 is 0. The first-order valence-corrected chi connectivity index (χ1v) is 8.34. The molecular weight excluding hydrogens is 330 g/mol. The number of carbonyl (C=O) groups is 3. The number of nitrogens with one attached hydrogen (secondary N) is 2. The Morgan fingerprint density at radius 2 is 1.50 bits per heavy atom. The molecular formula is C20H21N3O3. The summed E-state index contributed by atoms with van der Waals surface area (Å²) in [6.45, 7) is 7.36. The van der Waals surface area contributed by atoms with Crippen molar-refractivity contribution in [1.29, 1.82) is 0 Å². The van der Waals surface area contributed by atoms with Crippen LogP contribution >= 0.6 is 0 Å². The third kappa shape index (κ3) is 3.31. The van der Waals surface area contributed by atoms with Gasteiger partial charge in [-0.25, -0.2) is 4.79 Å². The molecule has 0 atom stereocenters. The fraction of sp³-hybridized carbons (Fsp3) is 0.250. The third-order valence-corrected chi connectivity index (χ3v) is 4.09. The number of fused-ring (bicyclic) bond motifs is 1. The molecule has 0 aromatic heterocycles. The maximum Gasteiger partial charge on any atom is 0.323 e. The Bertz CT molecular complexity index is 913. The van der Waals surface area contributed by atoms with Gasteiger partial charge in [-0.1, -0.05) is 12.1 Å². The molecule has 0 fully saturated rings. The van der Waals surface area contributed by atoms with Crippen molar-refractivity contribution in [2.24, 2.45) is 0 Å². The quantitative estimate of drug-likeness (QED) is 0.802. The smallest absolute Gasteiger partial charge is 0.308 e. The van der Waals surface area contributed by atoms with Gasteiger partial charge in [0, 0.05) is 16.9 Å². The number of hydrogen-bond acceptors (Lipinski definition) is 3. The summed E-state index contributed by atoms with van der Waals surface area (Å²) in [5.74, 6) is -0.659. The van der Waals surface area contributed by atoms with Gasteiger partial charge in [-0.15, -0.1) is 0 Å². The molecule has 0 radical (unpaired) electrons. The van der Waals surface area contributed by atoms with Crippen molar-refractivity contribution < 1.29 is 14.4 Å². The van der Waals surface area contributed by atoms with Crippen LogP contribution in [0.15, 0.2) is 42.5 Å². The molecule has 6 heteroatoms. The van der Waals surface area contributed by atoms with E-state index in [1.54, 1.807) is 18.2 Å². The standard InChI is InChI=1S/C20H21N3O3/c1-12-6-5-7-13(10-12)21-19(26)22-14-8-9-15-16(11-14)18(25)23(17(15)24)20(2,3)4/h5-11H,1-4H3,(H2,21,22,26). The predicted molar refractivity (Wildman–Crippen MR) is 101 cm³/mol. The monoisotopic (exact) mass is 351 g/mol. The molecule has 4 amide bonds. The van der Waals surface area contributed by atoms with Crippen LogP contribution in [0.4, 0.5) is 16.2 Å². The van der Waals surface area contributed by atoms with E-state index in [4.69, 9.17) is 0 Å². The van der Waals surface area contributed by atoms with Crippen LogP contribution in [-0.4, -0.2) is 28.3 Å². The van der Waals surface area contributed by atoms with Crippen molar-refractivity contribution in [1.82, 2.24) is 4.90 Å². The molecule has 0 spiro atoms. The van der Waals surface area contributed by atoms with Crippen LogP contribution in [-0.2, 0) is 0 Å². The van der Waals surface area contributed by atoms with Crippen LogP contribution in [0.25, 0.3) is 0 Å². The number of nitrogens with zero attached hydrogens (tertiary/aromatic N) is 1. The number of benzene rings is 2. The fourth-order valence-corrected chi connectivity index (χ4v) is 2.94. The average molecular weight is 351 g/mol. The highest BCUT2D eigenvalue weighted by molar-refractivity contribution is 6.22. The van der Waals surface area contributed by atoms with Crippen molar-refractivity contribution >= 4 is 29.2 Å². The molecule has 0 unspecified atom stereocenters. The first-order chi connectivity index (χ1) is 12.2. The Balaban J connectivity index is 1.79. The topological polar surface area (TPSA) is 78.5 Å². The summed E-state index contributed by atoms with van der Waals surface area (Å²) in [5, 5.41) is 5.44. The van der Waals surface area contributed by atoms with Crippen molar-refractivity contribution in [2.75, 3.05) is 10.6 Å². The number of carbonyl (C=O) groups excluding carboxylic acids is 3. The molecule has 1 aliphatic heterocycles. The summed E-state index contributed by atoms with van der Waals surface area (Å²) >= 11 is 0. The lowest BCUT2D eigenvalue weighted by molar-refractivity contribution is 0.0507. The zero-order valence-electron chi connectivity index (χ0n) is 15.2. The SMILES string of the molecule is Cc1cccc(NC(=O)Nc2ccc3c(c2)C(=O)N(C(C)(C)C)C3=O)c1. The fourth-order valence-electron chi connectivity index (χ4n) is 2.94. The lowest BCUT2D eigenvalue weighted by atomic mass is 10.1. The van der Waals surface area contributed by atoms with Gasteiger partial charge in [0.25, 0.3) is 11.8 Å². The normalized spacial score (nSPS) is 13.6. The van der Waals surface area contributed by atoms with E-state index in [2.05, 4.69) is 10.6 Å². The van der Waals surface area contributed by atoms with Crippen LogP contribution in [0.2, 0.25) is 0 Å². The molecule has 2 aromatic carbocycles. The van der Waals surface area contributed by atoms with E-state index >= 15 is 0 Å². The Morgan fingerprint density at radius 1 is 0.885 bits per heavy atom. The molecule has 0 saturated heterocycles. The molecule has 0 aliphatic carbocycles. The minimum Gasteiger partial charge on any atom is -0.308 e. The zero-order chi connectivity index (χ0) is 19.1. The van der Waals surface area contributed by atoms with Crippen LogP contribution in [0, 0.1) is 6.92 Å². The molecule has 6 nitrogen and oxygen atoms in total. The molecule has 1 aliphatic rings. The van der Waals surface area contributed by atoms with Crippen molar-refractivity contribution in [3.8, 4) is 0 Å². The molecule has 2 N–H and O–H groups in total. The highest BCUT2D eigenvalue weighted by Crippen LogP contribution is 2.31. The lowest BCUT2D eigenvalue weighted by Crippen LogP contribution is -2.45. The van der Waals surface area contributed by atoms with Gasteiger partial charge in [0.2, 0.25) is 0 Å². The molecule has 0 bridgehead atoms. The van der Waals surface area contributed by atoms with Gasteiger partial charge in [0.1, 0.15) is 0 Å². The van der Waals surface area contributed by atoms with E-state index < -0.39 is 11.6 Å². The molecule has 26 heavy (non-hydrogen) atoms. The van der Waals surface area contributed by atoms with Crippen LogP contribution in [0.5, 0.6) is 0 Å². The second-order valence-corrected chi connectivity index (χ2v) is 7.33. The van der Waals surface area contributed by atoms with Crippen molar-refractivity contribution in [2.45, 2.75) is 33.2 Å². The number of hydrogen-bond donors (Lipinski definition) is 2. The van der Waals surface area contributed by atoms with E-state index in [9.17, 15) is 14.4 Å². The van der Waals surface area contributed by atoms with Crippen LogP contribution < -0.4 is 10.6 Å². The maximum absolute atomic E-state index is 12.6. The third-order valence-electron chi connectivity index (χ3n) is 4.09. The number of urea groups is 1. The molecule has 0 saturated carbocycles. The average Bonchev–Trinajstić information content (AvgIpc) is 2.78. The second-order valence-electron chi connectivity index (χ2n) is 7.33. The minimum atomic E-state index is -0.608. The summed E-state index contributed by atoms with van der Waals surface area (Å²) in [6, 6.07) is 11.7. The molecule has 134 valence electrons. The van der Waals surface area contributed by atoms with E-state index in [0.29, 0.717) is 22.5 Å². The van der Waals surface area contributed by atoms with Crippen LogP contribution in [0.3, 0.4) is 0 Å².